The average Bonchev–Trinajstić information content (AvgIpc) is 3.37. The Kier molecular flexibility index (Phi) is 6.01. The number of aryl methyl sites for hydroxylation is 1. The number of benzene rings is 2. The molecule has 1 atom stereocenters. The maximum atomic E-state index is 14.5. The average molecular weight is 440 g/mol. The van der Waals surface area contributed by atoms with Gasteiger partial charge in [-0.25, -0.2) is 9.37 Å². The lowest BCUT2D eigenvalue weighted by Gasteiger charge is -2.19. The molecule has 0 fully saturated rings. The van der Waals surface area contributed by atoms with Gasteiger partial charge < -0.3 is 19.4 Å². The number of fused-ring (bicyclic) bond motifs is 1. The van der Waals surface area contributed by atoms with Crippen molar-refractivity contribution in [3.05, 3.63) is 82.5 Å². The summed E-state index contributed by atoms with van der Waals surface area (Å²) in [6.07, 6.45) is 3.51. The highest BCUT2D eigenvalue weighted by Gasteiger charge is 2.26. The van der Waals surface area contributed by atoms with Gasteiger partial charge in [0.25, 0.3) is 5.91 Å². The second kappa shape index (κ2) is 8.87. The summed E-state index contributed by atoms with van der Waals surface area (Å²) < 4.78 is 27.6. The molecule has 1 N–H and O–H groups in total. The first kappa shape index (κ1) is 21.0. The molecule has 6 nitrogen and oxygen atoms in total. The van der Waals surface area contributed by atoms with E-state index in [9.17, 15) is 9.18 Å². The molecule has 2 aromatic carbocycles. The van der Waals surface area contributed by atoms with E-state index in [4.69, 9.17) is 9.47 Å². The number of thiophene rings is 1. The second-order valence-electron chi connectivity index (χ2n) is 7.03. The minimum Gasteiger partial charge on any atom is -0.497 e. The van der Waals surface area contributed by atoms with Crippen molar-refractivity contribution in [3.63, 3.8) is 0 Å². The fourth-order valence-electron chi connectivity index (χ4n) is 3.58. The van der Waals surface area contributed by atoms with E-state index in [2.05, 4.69) is 10.3 Å². The quantitative estimate of drug-likeness (QED) is 0.462. The molecule has 160 valence electrons. The number of hydrogen-bond acceptors (Lipinski definition) is 5. The number of nitrogens with zero attached hydrogens (tertiary/aromatic N) is 2. The molecule has 0 aliphatic heterocycles. The molecule has 0 aliphatic rings. The van der Waals surface area contributed by atoms with E-state index in [0.29, 0.717) is 26.4 Å². The summed E-state index contributed by atoms with van der Waals surface area (Å²) in [6, 6.07) is 11.8. The summed E-state index contributed by atoms with van der Waals surface area (Å²) in [4.78, 5) is 18.3. The van der Waals surface area contributed by atoms with Crippen LogP contribution in [0.25, 0.3) is 10.1 Å². The number of rotatable bonds is 7. The lowest BCUT2D eigenvalue weighted by molar-refractivity contribution is 0.0941. The van der Waals surface area contributed by atoms with Crippen molar-refractivity contribution < 1.29 is 18.7 Å². The van der Waals surface area contributed by atoms with Crippen LogP contribution in [-0.2, 0) is 18.4 Å². The van der Waals surface area contributed by atoms with Crippen molar-refractivity contribution in [3.8, 4) is 5.75 Å². The van der Waals surface area contributed by atoms with Gasteiger partial charge in [-0.3, -0.25) is 4.79 Å². The van der Waals surface area contributed by atoms with Gasteiger partial charge >= 0.3 is 0 Å². The zero-order chi connectivity index (χ0) is 22.0. The van der Waals surface area contributed by atoms with Crippen LogP contribution in [0.15, 0.2) is 54.9 Å². The molecular formula is C23H22FN3O3S. The van der Waals surface area contributed by atoms with Gasteiger partial charge in [-0.05, 0) is 29.8 Å². The summed E-state index contributed by atoms with van der Waals surface area (Å²) in [5.41, 5.74) is 1.40. The standard InChI is InChI=1S/C23H22FN3O3S/c1-27-12-11-25-22(27)20(14-7-9-15(30-3)10-8-14)26-23(28)21-16(13-29-2)19-17(24)5-4-6-18(19)31-21/h4-12,20H,13H2,1-3H3,(H,26,28). The maximum absolute atomic E-state index is 14.5. The Balaban J connectivity index is 1.75. The summed E-state index contributed by atoms with van der Waals surface area (Å²) >= 11 is 1.25. The summed E-state index contributed by atoms with van der Waals surface area (Å²) in [5.74, 6) is 0.724. The molecule has 2 aromatic heterocycles. The molecule has 0 saturated heterocycles. The monoisotopic (exact) mass is 439 g/mol. The molecule has 1 unspecified atom stereocenters. The van der Waals surface area contributed by atoms with Gasteiger partial charge in [0, 0.05) is 42.2 Å². The van der Waals surface area contributed by atoms with Gasteiger partial charge in [0.1, 0.15) is 23.4 Å². The number of aromatic nitrogens is 2. The second-order valence-corrected chi connectivity index (χ2v) is 8.08. The van der Waals surface area contributed by atoms with Crippen LogP contribution in [0, 0.1) is 5.82 Å². The highest BCUT2D eigenvalue weighted by atomic mass is 32.1. The topological polar surface area (TPSA) is 65.4 Å². The maximum Gasteiger partial charge on any atom is 0.262 e. The van der Waals surface area contributed by atoms with Crippen LogP contribution in [-0.4, -0.2) is 29.7 Å². The van der Waals surface area contributed by atoms with Gasteiger partial charge in [-0.15, -0.1) is 11.3 Å². The first-order valence-corrected chi connectivity index (χ1v) is 10.5. The minimum absolute atomic E-state index is 0.138. The van der Waals surface area contributed by atoms with Gasteiger partial charge in [-0.1, -0.05) is 18.2 Å². The van der Waals surface area contributed by atoms with Crippen LogP contribution in [0.4, 0.5) is 4.39 Å². The summed E-state index contributed by atoms with van der Waals surface area (Å²) in [7, 11) is 5.00. The van der Waals surface area contributed by atoms with Gasteiger partial charge in [0.05, 0.1) is 18.6 Å². The molecule has 1 amide bonds. The van der Waals surface area contributed by atoms with Crippen LogP contribution in [0.1, 0.15) is 32.7 Å². The van der Waals surface area contributed by atoms with Crippen molar-refractivity contribution in [2.45, 2.75) is 12.6 Å². The fourth-order valence-corrected chi connectivity index (χ4v) is 4.70. The largest absolute Gasteiger partial charge is 0.497 e. The minimum atomic E-state index is -0.496. The van der Waals surface area contributed by atoms with Crippen molar-refractivity contribution in [1.82, 2.24) is 14.9 Å². The Hall–Kier alpha value is -3.23. The van der Waals surface area contributed by atoms with Crippen molar-refractivity contribution in [1.29, 1.82) is 0 Å². The first-order valence-electron chi connectivity index (χ1n) is 9.64. The van der Waals surface area contributed by atoms with E-state index >= 15 is 0 Å². The van der Waals surface area contributed by atoms with E-state index < -0.39 is 6.04 Å². The molecule has 2 heterocycles. The highest BCUT2D eigenvalue weighted by Crippen LogP contribution is 2.34. The van der Waals surface area contributed by atoms with Crippen molar-refractivity contribution >= 4 is 27.3 Å². The number of carbonyl (C=O) groups excluding carboxylic acids is 1. The number of halogens is 1. The van der Waals surface area contributed by atoms with Crippen LogP contribution in [0.5, 0.6) is 5.75 Å². The van der Waals surface area contributed by atoms with Crippen LogP contribution in [0.3, 0.4) is 0 Å². The fraction of sp³-hybridized carbons (Fsp3) is 0.217. The third kappa shape index (κ3) is 4.04. The lowest BCUT2D eigenvalue weighted by atomic mass is 10.0. The third-order valence-electron chi connectivity index (χ3n) is 5.10. The first-order chi connectivity index (χ1) is 15.0. The Labute approximate surface area is 183 Å². The van der Waals surface area contributed by atoms with Crippen LogP contribution < -0.4 is 10.1 Å². The molecule has 0 saturated carbocycles. The van der Waals surface area contributed by atoms with E-state index in [1.165, 1.54) is 24.5 Å². The van der Waals surface area contributed by atoms with Gasteiger partial charge in [0.15, 0.2) is 0 Å². The summed E-state index contributed by atoms with van der Waals surface area (Å²) in [5, 5.41) is 3.51. The van der Waals surface area contributed by atoms with E-state index in [1.54, 1.807) is 25.4 Å². The SMILES string of the molecule is COCc1c(C(=O)NC(c2ccc(OC)cc2)c2nccn2C)sc2cccc(F)c12. The molecule has 0 radical (unpaired) electrons. The van der Waals surface area contributed by atoms with Crippen molar-refractivity contribution in [2.24, 2.45) is 7.05 Å². The van der Waals surface area contributed by atoms with Gasteiger partial charge in [0.2, 0.25) is 0 Å². The highest BCUT2D eigenvalue weighted by molar-refractivity contribution is 7.21. The molecule has 0 bridgehead atoms. The number of methoxy groups -OCH3 is 2. The lowest BCUT2D eigenvalue weighted by Crippen LogP contribution is -2.31. The number of nitrogens with one attached hydrogen (secondary N) is 1. The number of carbonyl (C=O) groups is 1. The Morgan fingerprint density at radius 1 is 1.23 bits per heavy atom. The van der Waals surface area contributed by atoms with E-state index in [-0.39, 0.29) is 18.3 Å². The van der Waals surface area contributed by atoms with Crippen LogP contribution >= 0.6 is 11.3 Å². The molecular weight excluding hydrogens is 417 g/mol. The summed E-state index contributed by atoms with van der Waals surface area (Å²) in [6.45, 7) is 0.138. The molecule has 0 spiro atoms. The number of imidazole rings is 1. The normalized spacial score (nSPS) is 12.1. The molecule has 0 aliphatic carbocycles. The molecule has 31 heavy (non-hydrogen) atoms. The third-order valence-corrected chi connectivity index (χ3v) is 6.30. The number of amides is 1. The van der Waals surface area contributed by atoms with Crippen molar-refractivity contribution in [2.75, 3.05) is 14.2 Å². The van der Waals surface area contributed by atoms with Gasteiger partial charge in [-0.2, -0.15) is 0 Å². The number of ether oxygens (including phenoxy) is 2. The van der Waals surface area contributed by atoms with E-state index in [0.717, 1.165) is 11.3 Å². The number of hydrogen-bond donors (Lipinski definition) is 1. The molecule has 4 rings (SSSR count). The zero-order valence-electron chi connectivity index (χ0n) is 17.4. The Morgan fingerprint density at radius 2 is 2.00 bits per heavy atom. The Bertz CT molecular complexity index is 1220. The predicted molar refractivity (Wildman–Crippen MR) is 118 cm³/mol. The Morgan fingerprint density at radius 3 is 2.65 bits per heavy atom. The zero-order valence-corrected chi connectivity index (χ0v) is 18.2. The molecule has 8 heteroatoms. The van der Waals surface area contributed by atoms with E-state index in [1.807, 2.05) is 42.1 Å². The van der Waals surface area contributed by atoms with Crippen LogP contribution in [0.2, 0.25) is 0 Å². The molecule has 4 aromatic rings. The smallest absolute Gasteiger partial charge is 0.262 e. The predicted octanol–water partition coefficient (Wildman–Crippen LogP) is 4.45.